The lowest BCUT2D eigenvalue weighted by molar-refractivity contribution is 0.0952. The van der Waals surface area contributed by atoms with Gasteiger partial charge in [0.15, 0.2) is 0 Å². The van der Waals surface area contributed by atoms with Crippen LogP contribution in [0.15, 0.2) is 42.9 Å². The number of carbonyl (C=O) groups is 1. The molecule has 26 heavy (non-hydrogen) atoms. The fourth-order valence-corrected chi connectivity index (χ4v) is 3.29. The largest absolute Gasteiger partial charge is 0.354 e. The molecule has 1 aliphatic heterocycles. The second-order valence-corrected chi connectivity index (χ2v) is 6.56. The van der Waals surface area contributed by atoms with Crippen molar-refractivity contribution in [2.24, 2.45) is 0 Å². The second-order valence-electron chi connectivity index (χ2n) is 6.56. The molecule has 0 atom stereocenters. The number of likely N-dealkylation sites (N-methyl/N-ethyl adjacent to an activating group) is 1. The van der Waals surface area contributed by atoms with Crippen molar-refractivity contribution in [3.05, 3.63) is 54.0 Å². The van der Waals surface area contributed by atoms with Crippen molar-refractivity contribution < 1.29 is 4.79 Å². The van der Waals surface area contributed by atoms with Gasteiger partial charge >= 0.3 is 0 Å². The van der Waals surface area contributed by atoms with Crippen LogP contribution >= 0.6 is 0 Å². The van der Waals surface area contributed by atoms with Crippen LogP contribution in [0.25, 0.3) is 11.0 Å². The molecule has 7 heteroatoms. The van der Waals surface area contributed by atoms with Crippen LogP contribution in [0.4, 0.5) is 5.82 Å². The Morgan fingerprint density at radius 1 is 1.15 bits per heavy atom. The Hall–Kier alpha value is -2.93. The van der Waals surface area contributed by atoms with E-state index >= 15 is 0 Å². The molecule has 0 aliphatic carbocycles. The average molecular weight is 350 g/mol. The minimum Gasteiger partial charge on any atom is -0.354 e. The lowest BCUT2D eigenvalue weighted by Gasteiger charge is -2.34. The van der Waals surface area contributed by atoms with Crippen molar-refractivity contribution in [3.63, 3.8) is 0 Å². The number of pyridine rings is 2. The highest BCUT2D eigenvalue weighted by Crippen LogP contribution is 2.20. The zero-order chi connectivity index (χ0) is 17.9. The first-order chi connectivity index (χ1) is 12.7. The predicted molar refractivity (Wildman–Crippen MR) is 101 cm³/mol. The van der Waals surface area contributed by atoms with Gasteiger partial charge in [-0.25, -0.2) is 9.97 Å². The predicted octanol–water partition coefficient (Wildman–Crippen LogP) is 1.64. The van der Waals surface area contributed by atoms with E-state index in [4.69, 9.17) is 0 Å². The number of aromatic amines is 1. The normalized spacial score (nSPS) is 15.3. The number of anilines is 1. The SMILES string of the molecule is CN1CCN(c2ncccc2CNC(=O)c2c[nH]c3ncccc23)CC1. The smallest absolute Gasteiger partial charge is 0.253 e. The zero-order valence-electron chi connectivity index (χ0n) is 14.8. The summed E-state index contributed by atoms with van der Waals surface area (Å²) >= 11 is 0. The molecule has 1 fully saturated rings. The van der Waals surface area contributed by atoms with Gasteiger partial charge in [-0.15, -0.1) is 0 Å². The summed E-state index contributed by atoms with van der Waals surface area (Å²) in [4.78, 5) is 29.0. The highest BCUT2D eigenvalue weighted by Gasteiger charge is 2.19. The first-order valence-corrected chi connectivity index (χ1v) is 8.80. The lowest BCUT2D eigenvalue weighted by Crippen LogP contribution is -2.45. The fraction of sp³-hybridized carbons (Fsp3) is 0.316. The summed E-state index contributed by atoms with van der Waals surface area (Å²) in [7, 11) is 2.13. The summed E-state index contributed by atoms with van der Waals surface area (Å²) in [5.74, 6) is 0.846. The number of amides is 1. The van der Waals surface area contributed by atoms with Crippen LogP contribution in [-0.2, 0) is 6.54 Å². The third-order valence-corrected chi connectivity index (χ3v) is 4.81. The van der Waals surface area contributed by atoms with E-state index in [0.29, 0.717) is 12.1 Å². The molecule has 0 saturated carbocycles. The van der Waals surface area contributed by atoms with Crippen molar-refractivity contribution >= 4 is 22.8 Å². The maximum atomic E-state index is 12.6. The number of fused-ring (bicyclic) bond motifs is 1. The van der Waals surface area contributed by atoms with Gasteiger partial charge in [0.1, 0.15) is 11.5 Å². The molecule has 134 valence electrons. The van der Waals surface area contributed by atoms with E-state index in [1.54, 1.807) is 12.4 Å². The van der Waals surface area contributed by atoms with Crippen LogP contribution < -0.4 is 10.2 Å². The number of carbonyl (C=O) groups excluding carboxylic acids is 1. The van der Waals surface area contributed by atoms with Crippen molar-refractivity contribution in [3.8, 4) is 0 Å². The van der Waals surface area contributed by atoms with Crippen LogP contribution in [0.2, 0.25) is 0 Å². The van der Waals surface area contributed by atoms with Crippen LogP contribution in [0.1, 0.15) is 15.9 Å². The molecule has 4 heterocycles. The van der Waals surface area contributed by atoms with E-state index in [-0.39, 0.29) is 5.91 Å². The van der Waals surface area contributed by atoms with Gasteiger partial charge in [-0.2, -0.15) is 0 Å². The molecule has 0 aromatic carbocycles. The molecule has 1 amide bonds. The molecule has 4 rings (SSSR count). The van der Waals surface area contributed by atoms with Crippen LogP contribution in [0.3, 0.4) is 0 Å². The van der Waals surface area contributed by atoms with Gasteiger partial charge in [0.05, 0.1) is 5.56 Å². The van der Waals surface area contributed by atoms with Gasteiger partial charge in [-0.3, -0.25) is 4.79 Å². The molecule has 2 N–H and O–H groups in total. The molecule has 7 nitrogen and oxygen atoms in total. The molecule has 1 aliphatic rings. The Morgan fingerprint density at radius 2 is 1.92 bits per heavy atom. The number of rotatable bonds is 4. The van der Waals surface area contributed by atoms with E-state index < -0.39 is 0 Å². The summed E-state index contributed by atoms with van der Waals surface area (Å²) in [6, 6.07) is 7.67. The molecule has 0 bridgehead atoms. The molecule has 1 saturated heterocycles. The van der Waals surface area contributed by atoms with E-state index in [9.17, 15) is 4.79 Å². The summed E-state index contributed by atoms with van der Waals surface area (Å²) in [5.41, 5.74) is 2.36. The monoisotopic (exact) mass is 350 g/mol. The lowest BCUT2D eigenvalue weighted by atomic mass is 10.2. The van der Waals surface area contributed by atoms with Crippen molar-refractivity contribution in [1.82, 2.24) is 25.2 Å². The van der Waals surface area contributed by atoms with E-state index in [2.05, 4.69) is 37.1 Å². The van der Waals surface area contributed by atoms with Crippen LogP contribution in [0, 0.1) is 0 Å². The quantitative estimate of drug-likeness (QED) is 0.748. The summed E-state index contributed by atoms with van der Waals surface area (Å²) in [5, 5.41) is 3.85. The van der Waals surface area contributed by atoms with Crippen molar-refractivity contribution in [1.29, 1.82) is 0 Å². The Balaban J connectivity index is 1.49. The van der Waals surface area contributed by atoms with Gasteiger partial charge in [-0.1, -0.05) is 6.07 Å². The Kier molecular flexibility index (Phi) is 4.53. The highest BCUT2D eigenvalue weighted by molar-refractivity contribution is 6.05. The van der Waals surface area contributed by atoms with Crippen LogP contribution in [0.5, 0.6) is 0 Å². The van der Waals surface area contributed by atoms with E-state index in [1.807, 2.05) is 30.5 Å². The number of hydrogen-bond donors (Lipinski definition) is 2. The summed E-state index contributed by atoms with van der Waals surface area (Å²) in [6.07, 6.45) is 5.22. The Bertz CT molecular complexity index is 913. The molecule has 0 unspecified atom stereocenters. The number of aromatic nitrogens is 3. The molecule has 3 aromatic rings. The number of piperazine rings is 1. The molecule has 0 spiro atoms. The maximum Gasteiger partial charge on any atom is 0.253 e. The molecule has 3 aromatic heterocycles. The third-order valence-electron chi connectivity index (χ3n) is 4.81. The van der Waals surface area contributed by atoms with E-state index in [1.165, 1.54) is 0 Å². The van der Waals surface area contributed by atoms with Gasteiger partial charge in [0.25, 0.3) is 5.91 Å². The van der Waals surface area contributed by atoms with Gasteiger partial charge in [-0.05, 0) is 25.2 Å². The number of nitrogens with zero attached hydrogens (tertiary/aromatic N) is 4. The molecular formula is C19H22N6O. The minimum absolute atomic E-state index is 0.113. The Morgan fingerprint density at radius 3 is 2.77 bits per heavy atom. The Labute approximate surface area is 152 Å². The highest BCUT2D eigenvalue weighted by atomic mass is 16.1. The first-order valence-electron chi connectivity index (χ1n) is 8.80. The number of hydrogen-bond acceptors (Lipinski definition) is 5. The molecular weight excluding hydrogens is 328 g/mol. The van der Waals surface area contributed by atoms with Crippen LogP contribution in [-0.4, -0.2) is 59.0 Å². The minimum atomic E-state index is -0.113. The van der Waals surface area contributed by atoms with Crippen molar-refractivity contribution in [2.75, 3.05) is 38.1 Å². The molecule has 0 radical (unpaired) electrons. The van der Waals surface area contributed by atoms with Gasteiger partial charge < -0.3 is 20.1 Å². The summed E-state index contributed by atoms with van der Waals surface area (Å²) in [6.45, 7) is 4.38. The maximum absolute atomic E-state index is 12.6. The summed E-state index contributed by atoms with van der Waals surface area (Å²) < 4.78 is 0. The third kappa shape index (κ3) is 3.25. The van der Waals surface area contributed by atoms with E-state index in [0.717, 1.165) is 48.6 Å². The van der Waals surface area contributed by atoms with Crippen molar-refractivity contribution in [2.45, 2.75) is 6.54 Å². The standard InChI is InChI=1S/C19H22N6O/c1-24-8-10-25(11-9-24)18-14(4-2-7-21-18)12-23-19(26)16-13-22-17-15(16)5-3-6-20-17/h2-7,13H,8-12H2,1H3,(H,20,22)(H,23,26). The first kappa shape index (κ1) is 16.5. The second kappa shape index (κ2) is 7.13. The van der Waals surface area contributed by atoms with Gasteiger partial charge in [0.2, 0.25) is 0 Å². The van der Waals surface area contributed by atoms with Gasteiger partial charge in [0, 0.05) is 62.3 Å². The average Bonchev–Trinajstić information content (AvgIpc) is 3.11. The fourth-order valence-electron chi connectivity index (χ4n) is 3.29. The number of H-pyrrole nitrogens is 1. The zero-order valence-corrected chi connectivity index (χ0v) is 14.8. The topological polar surface area (TPSA) is 77.1 Å². The number of nitrogens with one attached hydrogen (secondary N) is 2.